The van der Waals surface area contributed by atoms with Crippen LogP contribution < -0.4 is 15.5 Å². The highest BCUT2D eigenvalue weighted by Gasteiger charge is 2.24. The van der Waals surface area contributed by atoms with E-state index in [0.29, 0.717) is 68.8 Å². The van der Waals surface area contributed by atoms with Crippen molar-refractivity contribution < 1.29 is 19.1 Å². The molecule has 0 unspecified atom stereocenters. The average molecular weight is 425 g/mol. The Morgan fingerprint density at radius 2 is 1.94 bits per heavy atom. The number of benzene rings is 1. The van der Waals surface area contributed by atoms with Gasteiger partial charge in [-0.1, -0.05) is 18.2 Å². The van der Waals surface area contributed by atoms with Gasteiger partial charge in [-0.25, -0.2) is 9.97 Å². The minimum atomic E-state index is -0.379. The van der Waals surface area contributed by atoms with Crippen LogP contribution in [0.3, 0.4) is 0 Å². The maximum atomic E-state index is 12.9. The number of nitrogens with one attached hydrogen (secondary N) is 2. The van der Waals surface area contributed by atoms with E-state index in [9.17, 15) is 9.59 Å². The predicted octanol–water partition coefficient (Wildman–Crippen LogP) is 1.40. The Morgan fingerprint density at radius 3 is 2.68 bits per heavy atom. The van der Waals surface area contributed by atoms with Gasteiger partial charge in [-0.15, -0.1) is 0 Å². The van der Waals surface area contributed by atoms with Crippen molar-refractivity contribution in [2.75, 3.05) is 49.7 Å². The summed E-state index contributed by atoms with van der Waals surface area (Å²) in [5, 5.41) is 5.78. The SMILES string of the molecule is O=C(Nc1ccccc1)c1cnc(N2CCOCC2)nc1CCNC(=O)[C@@H]1CCCO1. The van der Waals surface area contributed by atoms with Crippen LogP contribution in [-0.4, -0.2) is 67.3 Å². The molecule has 3 heterocycles. The van der Waals surface area contributed by atoms with Crippen LogP contribution in [0, 0.1) is 0 Å². The molecule has 2 aromatic rings. The number of aromatic nitrogens is 2. The third-order valence-corrected chi connectivity index (χ3v) is 5.31. The second-order valence-electron chi connectivity index (χ2n) is 7.49. The molecule has 31 heavy (non-hydrogen) atoms. The lowest BCUT2D eigenvalue weighted by molar-refractivity contribution is -0.129. The average Bonchev–Trinajstić information content (AvgIpc) is 3.35. The first kappa shape index (κ1) is 21.2. The molecule has 0 bridgehead atoms. The van der Waals surface area contributed by atoms with E-state index in [4.69, 9.17) is 9.47 Å². The highest BCUT2D eigenvalue weighted by Crippen LogP contribution is 2.17. The molecule has 4 rings (SSSR count). The molecule has 9 heteroatoms. The first-order chi connectivity index (χ1) is 15.2. The lowest BCUT2D eigenvalue weighted by Crippen LogP contribution is -2.38. The molecule has 2 N–H and O–H groups in total. The van der Waals surface area contributed by atoms with E-state index in [1.807, 2.05) is 35.2 Å². The summed E-state index contributed by atoms with van der Waals surface area (Å²) < 4.78 is 10.8. The lowest BCUT2D eigenvalue weighted by atomic mass is 10.1. The first-order valence-corrected chi connectivity index (χ1v) is 10.6. The Labute approximate surface area is 181 Å². The van der Waals surface area contributed by atoms with Crippen molar-refractivity contribution in [1.29, 1.82) is 0 Å². The minimum absolute atomic E-state index is 0.116. The van der Waals surface area contributed by atoms with Gasteiger partial charge in [-0.05, 0) is 25.0 Å². The second-order valence-corrected chi connectivity index (χ2v) is 7.49. The highest BCUT2D eigenvalue weighted by molar-refractivity contribution is 6.04. The summed E-state index contributed by atoms with van der Waals surface area (Å²) in [7, 11) is 0. The van der Waals surface area contributed by atoms with Crippen molar-refractivity contribution in [2.45, 2.75) is 25.4 Å². The molecular weight excluding hydrogens is 398 g/mol. The Balaban J connectivity index is 1.48. The van der Waals surface area contributed by atoms with Gasteiger partial charge in [0.1, 0.15) is 6.10 Å². The van der Waals surface area contributed by atoms with Crippen LogP contribution in [-0.2, 0) is 20.7 Å². The monoisotopic (exact) mass is 425 g/mol. The van der Waals surface area contributed by atoms with E-state index in [0.717, 1.165) is 12.8 Å². The number of rotatable bonds is 7. The Bertz CT molecular complexity index is 896. The van der Waals surface area contributed by atoms with E-state index >= 15 is 0 Å². The van der Waals surface area contributed by atoms with Gasteiger partial charge in [0, 0.05) is 44.5 Å². The maximum Gasteiger partial charge on any atom is 0.259 e. The molecule has 9 nitrogen and oxygen atoms in total. The quantitative estimate of drug-likeness (QED) is 0.691. The summed E-state index contributed by atoms with van der Waals surface area (Å²) in [6.45, 7) is 3.62. The van der Waals surface area contributed by atoms with Crippen LogP contribution in [0.4, 0.5) is 11.6 Å². The van der Waals surface area contributed by atoms with Gasteiger partial charge in [0.25, 0.3) is 5.91 Å². The van der Waals surface area contributed by atoms with E-state index in [1.54, 1.807) is 6.20 Å². The number of anilines is 2. The Morgan fingerprint density at radius 1 is 1.13 bits per heavy atom. The number of carbonyl (C=O) groups is 2. The Hall–Kier alpha value is -3.04. The van der Waals surface area contributed by atoms with Crippen molar-refractivity contribution in [1.82, 2.24) is 15.3 Å². The van der Waals surface area contributed by atoms with Gasteiger partial charge in [-0.2, -0.15) is 0 Å². The fourth-order valence-electron chi connectivity index (χ4n) is 3.62. The topological polar surface area (TPSA) is 106 Å². The fraction of sp³-hybridized carbons (Fsp3) is 0.455. The van der Waals surface area contributed by atoms with Gasteiger partial charge in [0.05, 0.1) is 24.5 Å². The number of hydrogen-bond donors (Lipinski definition) is 2. The lowest BCUT2D eigenvalue weighted by Gasteiger charge is -2.27. The zero-order valence-corrected chi connectivity index (χ0v) is 17.4. The maximum absolute atomic E-state index is 12.9. The summed E-state index contributed by atoms with van der Waals surface area (Å²) in [6, 6.07) is 9.24. The number of para-hydroxylation sites is 1. The van der Waals surface area contributed by atoms with Crippen molar-refractivity contribution in [2.24, 2.45) is 0 Å². The van der Waals surface area contributed by atoms with Gasteiger partial charge in [0.15, 0.2) is 0 Å². The zero-order chi connectivity index (χ0) is 21.5. The number of amides is 2. The zero-order valence-electron chi connectivity index (χ0n) is 17.4. The van der Waals surface area contributed by atoms with Gasteiger partial charge in [-0.3, -0.25) is 9.59 Å². The van der Waals surface area contributed by atoms with Gasteiger partial charge < -0.3 is 25.0 Å². The summed E-state index contributed by atoms with van der Waals surface area (Å²) in [4.78, 5) is 36.3. The molecule has 2 saturated heterocycles. The number of carbonyl (C=O) groups excluding carboxylic acids is 2. The van der Waals surface area contributed by atoms with Crippen molar-refractivity contribution in [3.05, 3.63) is 47.8 Å². The summed E-state index contributed by atoms with van der Waals surface area (Å²) in [5.41, 5.74) is 1.69. The predicted molar refractivity (Wildman–Crippen MR) is 115 cm³/mol. The Kier molecular flexibility index (Phi) is 7.06. The van der Waals surface area contributed by atoms with Crippen LogP contribution in [0.25, 0.3) is 0 Å². The molecule has 2 amide bonds. The molecule has 2 fully saturated rings. The first-order valence-electron chi connectivity index (χ1n) is 10.6. The van der Waals surface area contributed by atoms with E-state index in [1.165, 1.54) is 0 Å². The largest absolute Gasteiger partial charge is 0.378 e. The molecule has 1 atom stereocenters. The van der Waals surface area contributed by atoms with E-state index in [2.05, 4.69) is 20.6 Å². The van der Waals surface area contributed by atoms with Crippen LogP contribution in [0.15, 0.2) is 36.5 Å². The number of nitrogens with zero attached hydrogens (tertiary/aromatic N) is 3. The molecule has 0 radical (unpaired) electrons. The summed E-state index contributed by atoms with van der Waals surface area (Å²) >= 11 is 0. The minimum Gasteiger partial charge on any atom is -0.378 e. The number of morpholine rings is 1. The molecular formula is C22H27N5O4. The van der Waals surface area contributed by atoms with E-state index < -0.39 is 0 Å². The normalized spacial score (nSPS) is 18.6. The van der Waals surface area contributed by atoms with Gasteiger partial charge >= 0.3 is 0 Å². The summed E-state index contributed by atoms with van der Waals surface area (Å²) in [5.74, 6) is 0.176. The van der Waals surface area contributed by atoms with E-state index in [-0.39, 0.29) is 17.9 Å². The number of hydrogen-bond acceptors (Lipinski definition) is 7. The smallest absolute Gasteiger partial charge is 0.259 e. The van der Waals surface area contributed by atoms with Crippen LogP contribution in [0.1, 0.15) is 28.9 Å². The highest BCUT2D eigenvalue weighted by atomic mass is 16.5. The molecule has 0 spiro atoms. The van der Waals surface area contributed by atoms with Gasteiger partial charge in [0.2, 0.25) is 11.9 Å². The fourth-order valence-corrected chi connectivity index (χ4v) is 3.62. The molecule has 0 aliphatic carbocycles. The molecule has 2 aliphatic rings. The van der Waals surface area contributed by atoms with Crippen molar-refractivity contribution >= 4 is 23.5 Å². The molecule has 164 valence electrons. The number of ether oxygens (including phenoxy) is 2. The van der Waals surface area contributed by atoms with Crippen molar-refractivity contribution in [3.63, 3.8) is 0 Å². The van der Waals surface area contributed by atoms with Crippen molar-refractivity contribution in [3.8, 4) is 0 Å². The molecule has 2 aliphatic heterocycles. The second kappa shape index (κ2) is 10.3. The molecule has 0 saturated carbocycles. The third kappa shape index (κ3) is 5.56. The standard InChI is InChI=1S/C22H27N5O4/c28-20(25-16-5-2-1-3-6-16)17-15-24-22(27-10-13-30-14-11-27)26-18(17)8-9-23-21(29)19-7-4-12-31-19/h1-3,5-6,15,19H,4,7-14H2,(H,23,29)(H,25,28)/t19-/m0/s1. The summed E-state index contributed by atoms with van der Waals surface area (Å²) in [6.07, 6.45) is 3.24. The van der Waals surface area contributed by atoms with Crippen LogP contribution >= 0.6 is 0 Å². The van der Waals surface area contributed by atoms with Crippen LogP contribution in [0.2, 0.25) is 0 Å². The third-order valence-electron chi connectivity index (χ3n) is 5.31. The van der Waals surface area contributed by atoms with Crippen LogP contribution in [0.5, 0.6) is 0 Å². The molecule has 1 aromatic carbocycles. The molecule has 1 aromatic heterocycles.